The maximum atomic E-state index is 13.2. The van der Waals surface area contributed by atoms with Crippen LogP contribution in [0.5, 0.6) is 17.2 Å². The fourth-order valence-corrected chi connectivity index (χ4v) is 5.35. The molecule has 0 spiro atoms. The lowest BCUT2D eigenvalue weighted by molar-refractivity contribution is -0.137. The summed E-state index contributed by atoms with van der Waals surface area (Å²) in [6.45, 7) is 7.72. The topological polar surface area (TPSA) is 117 Å². The Morgan fingerprint density at radius 1 is 0.875 bits per heavy atom. The number of ether oxygens (including phenoxy) is 4. The summed E-state index contributed by atoms with van der Waals surface area (Å²) >= 11 is 1.48. The van der Waals surface area contributed by atoms with E-state index in [9.17, 15) is 14.4 Å². The number of carbonyl (C=O) groups is 3. The molecule has 0 unspecified atom stereocenters. The Kier molecular flexibility index (Phi) is 10.9. The summed E-state index contributed by atoms with van der Waals surface area (Å²) in [7, 11) is 1.76. The molecule has 0 saturated carbocycles. The van der Waals surface area contributed by atoms with Crippen LogP contribution in [0.2, 0.25) is 0 Å². The number of aryl methyl sites for hydroxylation is 2. The highest BCUT2D eigenvalue weighted by atomic mass is 32.1. The van der Waals surface area contributed by atoms with Crippen LogP contribution < -0.4 is 19.2 Å². The van der Waals surface area contributed by atoms with E-state index in [1.807, 2.05) is 50.2 Å². The van der Waals surface area contributed by atoms with Crippen LogP contribution in [0, 0.1) is 13.8 Å². The summed E-state index contributed by atoms with van der Waals surface area (Å²) in [5.74, 6) is -0.478. The number of fused-ring (bicyclic) bond motifs is 1. The predicted molar refractivity (Wildman–Crippen MR) is 186 cm³/mol. The number of esters is 3. The average Bonchev–Trinajstić information content (AvgIpc) is 3.53. The van der Waals surface area contributed by atoms with Crippen molar-refractivity contribution in [3.05, 3.63) is 125 Å². The van der Waals surface area contributed by atoms with Crippen molar-refractivity contribution in [2.45, 2.75) is 20.3 Å². The first-order valence-electron chi connectivity index (χ1n) is 15.0. The van der Waals surface area contributed by atoms with Crippen molar-refractivity contribution >= 4 is 50.8 Å². The van der Waals surface area contributed by atoms with Crippen LogP contribution in [0.15, 0.2) is 103 Å². The summed E-state index contributed by atoms with van der Waals surface area (Å²) in [6.07, 6.45) is 3.11. The maximum Gasteiger partial charge on any atom is 0.343 e. The maximum absolute atomic E-state index is 13.2. The van der Waals surface area contributed by atoms with Gasteiger partial charge in [0.1, 0.15) is 17.2 Å². The molecule has 244 valence electrons. The van der Waals surface area contributed by atoms with Gasteiger partial charge in [0.05, 0.1) is 40.8 Å². The molecule has 0 saturated heterocycles. The molecule has 0 radical (unpaired) electrons. The molecule has 0 aliphatic rings. The van der Waals surface area contributed by atoms with Crippen LogP contribution in [0.4, 0.5) is 5.13 Å². The van der Waals surface area contributed by atoms with E-state index in [4.69, 9.17) is 18.9 Å². The molecule has 0 bridgehead atoms. The molecule has 1 heterocycles. The number of rotatable bonds is 13. The van der Waals surface area contributed by atoms with Crippen LogP contribution in [-0.4, -0.2) is 49.4 Å². The summed E-state index contributed by atoms with van der Waals surface area (Å²) in [6, 6.07) is 24.4. The minimum atomic E-state index is -0.613. The van der Waals surface area contributed by atoms with E-state index in [-0.39, 0.29) is 23.5 Å². The number of hydrazone groups is 1. The van der Waals surface area contributed by atoms with Crippen molar-refractivity contribution in [1.82, 2.24) is 4.98 Å². The van der Waals surface area contributed by atoms with Crippen LogP contribution in [0.1, 0.15) is 43.8 Å². The van der Waals surface area contributed by atoms with Gasteiger partial charge in [0.25, 0.3) is 0 Å². The Bertz CT molecular complexity index is 1950. The van der Waals surface area contributed by atoms with E-state index in [2.05, 4.69) is 16.7 Å². The van der Waals surface area contributed by atoms with Gasteiger partial charge in [0.2, 0.25) is 5.13 Å². The van der Waals surface area contributed by atoms with E-state index in [0.717, 1.165) is 27.4 Å². The summed E-state index contributed by atoms with van der Waals surface area (Å²) in [5.41, 5.74) is 3.66. The zero-order valence-electron chi connectivity index (χ0n) is 26.7. The normalized spacial score (nSPS) is 10.9. The lowest BCUT2D eigenvalue weighted by Crippen LogP contribution is -2.13. The lowest BCUT2D eigenvalue weighted by Gasteiger charge is -2.12. The highest BCUT2D eigenvalue weighted by Crippen LogP contribution is 2.29. The van der Waals surface area contributed by atoms with Crippen molar-refractivity contribution in [2.75, 3.05) is 25.3 Å². The largest absolute Gasteiger partial charge is 0.493 e. The van der Waals surface area contributed by atoms with Gasteiger partial charge < -0.3 is 18.9 Å². The zero-order valence-corrected chi connectivity index (χ0v) is 27.5. The van der Waals surface area contributed by atoms with Crippen LogP contribution in [0.25, 0.3) is 10.2 Å². The summed E-state index contributed by atoms with van der Waals surface area (Å²) in [5, 5.41) is 6.81. The number of benzene rings is 4. The van der Waals surface area contributed by atoms with E-state index < -0.39 is 17.9 Å². The molecule has 0 amide bonds. The molecule has 0 N–H and O–H groups in total. The van der Waals surface area contributed by atoms with Crippen molar-refractivity contribution in [2.24, 2.45) is 5.10 Å². The highest BCUT2D eigenvalue weighted by Gasteiger charge is 2.17. The van der Waals surface area contributed by atoms with Crippen molar-refractivity contribution < 1.29 is 33.3 Å². The van der Waals surface area contributed by atoms with Crippen molar-refractivity contribution in [3.8, 4) is 17.2 Å². The smallest absolute Gasteiger partial charge is 0.343 e. The molecule has 48 heavy (non-hydrogen) atoms. The number of hydrogen-bond acceptors (Lipinski definition) is 11. The van der Waals surface area contributed by atoms with E-state index in [1.54, 1.807) is 48.5 Å². The number of carbonyl (C=O) groups excluding carboxylic acids is 3. The number of aromatic nitrogens is 1. The number of nitrogens with zero attached hydrogens (tertiary/aromatic N) is 3. The summed E-state index contributed by atoms with van der Waals surface area (Å²) < 4.78 is 23.1. The van der Waals surface area contributed by atoms with Gasteiger partial charge in [-0.1, -0.05) is 47.7 Å². The monoisotopic (exact) mass is 663 g/mol. The second kappa shape index (κ2) is 15.7. The Labute approximate surface area is 281 Å². The Balaban J connectivity index is 1.33. The molecule has 5 aromatic rings. The fourth-order valence-electron chi connectivity index (χ4n) is 4.47. The Morgan fingerprint density at radius 3 is 2.33 bits per heavy atom. The second-order valence-electron chi connectivity index (χ2n) is 10.6. The molecule has 4 aromatic carbocycles. The van der Waals surface area contributed by atoms with Crippen LogP contribution in [0.3, 0.4) is 0 Å². The molecule has 10 nitrogen and oxygen atoms in total. The standard InChI is InChI=1S/C37H33N3O7S/c1-5-34(41)45-20-8-19-44-29-15-12-26(13-16-29)35(42)47-32-18-14-27(36(43)46-31-17-11-24(2)21-25(31)3)22-28(32)23-38-40(4)37-39-30-9-6-7-10-33(30)48-37/h5-7,9-18,21-23H,1,8,19-20H2,2-4H3/b38-23+. The van der Waals surface area contributed by atoms with Gasteiger partial charge in [0.15, 0.2) is 0 Å². The first-order valence-corrected chi connectivity index (χ1v) is 15.8. The minimum absolute atomic E-state index is 0.193. The lowest BCUT2D eigenvalue weighted by atomic mass is 10.1. The number of thiazole rings is 1. The molecule has 0 aliphatic carbocycles. The number of hydrogen-bond donors (Lipinski definition) is 0. The average molecular weight is 664 g/mol. The number of anilines is 1. The predicted octanol–water partition coefficient (Wildman–Crippen LogP) is 7.32. The van der Waals surface area contributed by atoms with Crippen LogP contribution >= 0.6 is 11.3 Å². The fraction of sp³-hybridized carbons (Fsp3) is 0.162. The van der Waals surface area contributed by atoms with E-state index >= 15 is 0 Å². The third kappa shape index (κ3) is 8.71. The van der Waals surface area contributed by atoms with Gasteiger partial charge in [0, 0.05) is 25.1 Å². The molecule has 0 fully saturated rings. The minimum Gasteiger partial charge on any atom is -0.493 e. The SMILES string of the molecule is C=CC(=O)OCCCOc1ccc(C(=O)Oc2ccc(C(=O)Oc3ccc(C)cc3C)cc2/C=N/N(C)c2nc3ccccc3s2)cc1. The van der Waals surface area contributed by atoms with Gasteiger partial charge >= 0.3 is 17.9 Å². The van der Waals surface area contributed by atoms with Gasteiger partial charge in [-0.25, -0.2) is 24.4 Å². The van der Waals surface area contributed by atoms with Gasteiger partial charge in [-0.15, -0.1) is 0 Å². The second-order valence-corrected chi connectivity index (χ2v) is 11.6. The van der Waals surface area contributed by atoms with Crippen molar-refractivity contribution in [3.63, 3.8) is 0 Å². The van der Waals surface area contributed by atoms with E-state index in [1.165, 1.54) is 29.7 Å². The molecular formula is C37H33N3O7S. The highest BCUT2D eigenvalue weighted by molar-refractivity contribution is 7.22. The first-order chi connectivity index (χ1) is 23.2. The molecule has 1 aromatic heterocycles. The van der Waals surface area contributed by atoms with Gasteiger partial charge in [-0.3, -0.25) is 0 Å². The molecule has 5 rings (SSSR count). The van der Waals surface area contributed by atoms with Crippen molar-refractivity contribution in [1.29, 1.82) is 0 Å². The zero-order chi connectivity index (χ0) is 34.0. The first kappa shape index (κ1) is 33.6. The number of para-hydroxylation sites is 1. The molecule has 0 aliphatic heterocycles. The molecular weight excluding hydrogens is 630 g/mol. The Hall–Kier alpha value is -5.81. The third-order valence-corrected chi connectivity index (χ3v) is 8.07. The summed E-state index contributed by atoms with van der Waals surface area (Å²) in [4.78, 5) is 42.1. The quantitative estimate of drug-likeness (QED) is 0.0319. The van der Waals surface area contributed by atoms with Crippen LogP contribution in [-0.2, 0) is 9.53 Å². The molecule has 11 heteroatoms. The Morgan fingerprint density at radius 2 is 1.58 bits per heavy atom. The van der Waals surface area contributed by atoms with Gasteiger partial charge in [-0.2, -0.15) is 5.10 Å². The third-order valence-electron chi connectivity index (χ3n) is 6.97. The van der Waals surface area contributed by atoms with E-state index in [0.29, 0.717) is 35.2 Å². The van der Waals surface area contributed by atoms with Gasteiger partial charge in [-0.05, 0) is 80.1 Å². The molecule has 0 atom stereocenters.